The topological polar surface area (TPSA) is 38.3 Å². The number of hydrogen-bond donors (Lipinski definition) is 1. The molecule has 3 nitrogen and oxygen atoms in total. The first kappa shape index (κ1) is 15.9. The molecule has 0 aliphatic heterocycles. The van der Waals surface area contributed by atoms with Crippen LogP contribution in [0.1, 0.15) is 18.9 Å². The third kappa shape index (κ3) is 4.00. The molecule has 22 heavy (non-hydrogen) atoms. The highest BCUT2D eigenvalue weighted by Gasteiger charge is 2.10. The van der Waals surface area contributed by atoms with Gasteiger partial charge in [0.25, 0.3) is 0 Å². The van der Waals surface area contributed by atoms with Gasteiger partial charge in [-0.05, 0) is 30.3 Å². The lowest BCUT2D eigenvalue weighted by molar-refractivity contribution is -0.115. The quantitative estimate of drug-likeness (QED) is 0.847. The van der Waals surface area contributed by atoms with E-state index in [0.29, 0.717) is 23.9 Å². The van der Waals surface area contributed by atoms with Crippen LogP contribution in [0.25, 0.3) is 0 Å². The van der Waals surface area contributed by atoms with Crippen LogP contribution < -0.4 is 10.1 Å². The smallest absolute Gasteiger partial charge is 0.224 e. The average molecular weight is 309 g/mol. The summed E-state index contributed by atoms with van der Waals surface area (Å²) in [5.41, 5.74) is 0.528. The van der Waals surface area contributed by atoms with Gasteiger partial charge in [-0.25, -0.2) is 13.2 Å². The number of ether oxygens (including phenoxy) is 1. The lowest BCUT2D eigenvalue weighted by Gasteiger charge is -2.09. The van der Waals surface area contributed by atoms with Crippen LogP contribution in [0.3, 0.4) is 0 Å². The van der Waals surface area contributed by atoms with E-state index in [2.05, 4.69) is 5.32 Å². The minimum Gasteiger partial charge on any atom is -0.489 e. The molecule has 0 bridgehead atoms. The maximum absolute atomic E-state index is 13.4. The molecule has 0 aliphatic carbocycles. The zero-order valence-electron chi connectivity index (χ0n) is 11.8. The van der Waals surface area contributed by atoms with Crippen molar-refractivity contribution in [3.8, 4) is 5.75 Å². The van der Waals surface area contributed by atoms with Gasteiger partial charge in [0.15, 0.2) is 11.6 Å². The summed E-state index contributed by atoms with van der Waals surface area (Å²) in [7, 11) is 0. The number of anilines is 1. The molecule has 116 valence electrons. The normalized spacial score (nSPS) is 10.4. The third-order valence-corrected chi connectivity index (χ3v) is 2.94. The Morgan fingerprint density at radius 3 is 2.32 bits per heavy atom. The Balaban J connectivity index is 2.00. The summed E-state index contributed by atoms with van der Waals surface area (Å²) in [6.07, 6.45) is 0.369. The second-order valence-corrected chi connectivity index (χ2v) is 4.57. The van der Waals surface area contributed by atoms with Crippen LogP contribution in [0, 0.1) is 17.5 Å². The highest BCUT2D eigenvalue weighted by molar-refractivity contribution is 5.90. The van der Waals surface area contributed by atoms with Gasteiger partial charge >= 0.3 is 0 Å². The Labute approximate surface area is 125 Å². The first-order valence-corrected chi connectivity index (χ1v) is 6.65. The summed E-state index contributed by atoms with van der Waals surface area (Å²) < 4.78 is 44.6. The van der Waals surface area contributed by atoms with E-state index in [0.717, 1.165) is 6.07 Å². The molecule has 0 unspecified atom stereocenters. The molecule has 2 aromatic rings. The minimum atomic E-state index is -1.24. The van der Waals surface area contributed by atoms with Crippen molar-refractivity contribution in [3.05, 3.63) is 59.4 Å². The van der Waals surface area contributed by atoms with E-state index in [1.54, 1.807) is 31.2 Å². The average Bonchev–Trinajstić information content (AvgIpc) is 2.51. The molecule has 1 N–H and O–H groups in total. The number of amides is 1. The van der Waals surface area contributed by atoms with Crippen molar-refractivity contribution in [2.45, 2.75) is 20.0 Å². The van der Waals surface area contributed by atoms with Crippen LogP contribution >= 0.6 is 0 Å². The van der Waals surface area contributed by atoms with Crippen molar-refractivity contribution >= 4 is 11.6 Å². The molecule has 0 aromatic heterocycles. The van der Waals surface area contributed by atoms with Gasteiger partial charge in [-0.3, -0.25) is 4.79 Å². The monoisotopic (exact) mass is 309 g/mol. The number of halogens is 3. The summed E-state index contributed by atoms with van der Waals surface area (Å²) in [6.45, 7) is 1.51. The predicted octanol–water partition coefficient (Wildman–Crippen LogP) is 4.03. The van der Waals surface area contributed by atoms with Crippen LogP contribution in [0.5, 0.6) is 5.75 Å². The standard InChI is InChI=1S/C16H14F3NO2/c1-2-16(21)20-11-3-5-12(6-4-11)22-9-10-7-14(18)15(19)8-13(10)17/h3-8H,2,9H2,1H3,(H,20,21). The second-order valence-electron chi connectivity index (χ2n) is 4.57. The zero-order valence-corrected chi connectivity index (χ0v) is 11.8. The SMILES string of the molecule is CCC(=O)Nc1ccc(OCc2cc(F)c(F)cc2F)cc1. The molecule has 0 aliphatic rings. The summed E-state index contributed by atoms with van der Waals surface area (Å²) in [6, 6.07) is 7.68. The van der Waals surface area contributed by atoms with E-state index >= 15 is 0 Å². The van der Waals surface area contributed by atoms with E-state index in [4.69, 9.17) is 4.74 Å². The van der Waals surface area contributed by atoms with Gasteiger partial charge in [-0.1, -0.05) is 6.92 Å². The van der Waals surface area contributed by atoms with E-state index in [1.165, 1.54) is 0 Å². The first-order valence-electron chi connectivity index (χ1n) is 6.65. The van der Waals surface area contributed by atoms with Gasteiger partial charge < -0.3 is 10.1 Å². The molecule has 2 aromatic carbocycles. The van der Waals surface area contributed by atoms with Gasteiger partial charge in [0.2, 0.25) is 5.91 Å². The molecule has 1 amide bonds. The van der Waals surface area contributed by atoms with Crippen molar-refractivity contribution in [2.75, 3.05) is 5.32 Å². The molecule has 0 saturated heterocycles. The minimum absolute atomic E-state index is 0.0812. The summed E-state index contributed by atoms with van der Waals surface area (Å²) >= 11 is 0. The van der Waals surface area contributed by atoms with Crippen LogP contribution in [0.4, 0.5) is 18.9 Å². The number of carbonyl (C=O) groups excluding carboxylic acids is 1. The van der Waals surface area contributed by atoms with Gasteiger partial charge in [-0.2, -0.15) is 0 Å². The number of nitrogens with one attached hydrogen (secondary N) is 1. The lowest BCUT2D eigenvalue weighted by Crippen LogP contribution is -2.09. The van der Waals surface area contributed by atoms with Crippen molar-refractivity contribution in [2.24, 2.45) is 0 Å². The van der Waals surface area contributed by atoms with Gasteiger partial charge in [-0.15, -0.1) is 0 Å². The molecule has 0 saturated carbocycles. The zero-order chi connectivity index (χ0) is 16.1. The van der Waals surface area contributed by atoms with Crippen LogP contribution in [0.15, 0.2) is 36.4 Å². The van der Waals surface area contributed by atoms with Gasteiger partial charge in [0.05, 0.1) is 0 Å². The summed E-state index contributed by atoms with van der Waals surface area (Å²) in [5.74, 6) is -2.93. The fraction of sp³-hybridized carbons (Fsp3) is 0.188. The van der Waals surface area contributed by atoms with Crippen LogP contribution in [-0.4, -0.2) is 5.91 Å². The molecule has 2 rings (SSSR count). The second kappa shape index (κ2) is 6.98. The lowest BCUT2D eigenvalue weighted by atomic mass is 10.2. The largest absolute Gasteiger partial charge is 0.489 e. The molecule has 0 heterocycles. The maximum atomic E-state index is 13.4. The van der Waals surface area contributed by atoms with Gasteiger partial charge in [0, 0.05) is 23.7 Å². The number of benzene rings is 2. The van der Waals surface area contributed by atoms with Crippen molar-refractivity contribution < 1.29 is 22.7 Å². The van der Waals surface area contributed by atoms with E-state index in [1.807, 2.05) is 0 Å². The fourth-order valence-corrected chi connectivity index (χ4v) is 1.72. The molecule has 0 radical (unpaired) electrons. The maximum Gasteiger partial charge on any atom is 0.224 e. The number of carbonyl (C=O) groups is 1. The molecule has 0 atom stereocenters. The Bertz CT molecular complexity index is 672. The summed E-state index contributed by atoms with van der Waals surface area (Å²) in [4.78, 5) is 11.2. The predicted molar refractivity (Wildman–Crippen MR) is 76.0 cm³/mol. The van der Waals surface area contributed by atoms with Crippen LogP contribution in [0.2, 0.25) is 0 Å². The van der Waals surface area contributed by atoms with Crippen molar-refractivity contribution in [3.63, 3.8) is 0 Å². The fourth-order valence-electron chi connectivity index (χ4n) is 1.72. The van der Waals surface area contributed by atoms with E-state index < -0.39 is 17.5 Å². The number of rotatable bonds is 5. The Hall–Kier alpha value is -2.50. The molecule has 6 heteroatoms. The molecular weight excluding hydrogens is 295 g/mol. The first-order chi connectivity index (χ1) is 10.5. The molecule has 0 fully saturated rings. The number of hydrogen-bond acceptors (Lipinski definition) is 2. The Morgan fingerprint density at radius 1 is 1.05 bits per heavy atom. The van der Waals surface area contributed by atoms with Crippen molar-refractivity contribution in [1.82, 2.24) is 0 Å². The van der Waals surface area contributed by atoms with Crippen molar-refractivity contribution in [1.29, 1.82) is 0 Å². The Kier molecular flexibility index (Phi) is 5.04. The Morgan fingerprint density at radius 2 is 1.68 bits per heavy atom. The molecular formula is C16H14F3NO2. The summed E-state index contributed by atoms with van der Waals surface area (Å²) in [5, 5.41) is 2.67. The van der Waals surface area contributed by atoms with E-state index in [9.17, 15) is 18.0 Å². The van der Waals surface area contributed by atoms with Gasteiger partial charge in [0.1, 0.15) is 18.2 Å². The third-order valence-electron chi connectivity index (χ3n) is 2.94. The highest BCUT2D eigenvalue weighted by Crippen LogP contribution is 2.19. The van der Waals surface area contributed by atoms with E-state index in [-0.39, 0.29) is 18.1 Å². The molecule has 0 spiro atoms. The highest BCUT2D eigenvalue weighted by atomic mass is 19.2. The van der Waals surface area contributed by atoms with Crippen LogP contribution in [-0.2, 0) is 11.4 Å².